The number of esters is 1. The quantitative estimate of drug-likeness (QED) is 0.108. The number of anilines is 2. The van der Waals surface area contributed by atoms with Crippen LogP contribution < -0.4 is 20.7 Å². The standard InChI is InChI=1S/C44H52ClN5O6S/c1-25-14-16-27(17-15-25)24-33-34(28-18-20-29(45)21-19-28)35(42(53)56-37-31(43(3,4)5)22-26(2)23-32(37)44(6,7)8)39-47-38(46)36(41(52)50(33)39)40(51)49-57(54,55)48-30-12-10-9-11-13-30/h9-21,26,31-32,37,47-48H,22-24,46H2,1-8H3,(H,49,51). The number of ether oxygens (including phenoxy) is 1. The molecule has 1 aliphatic rings. The molecule has 6 rings (SSSR count). The van der Waals surface area contributed by atoms with Crippen molar-refractivity contribution < 1.29 is 22.7 Å². The van der Waals surface area contributed by atoms with Gasteiger partial charge in [0.15, 0.2) is 0 Å². The fraction of sp³-hybridized carbons (Fsp3) is 0.386. The van der Waals surface area contributed by atoms with Gasteiger partial charge in [-0.2, -0.15) is 8.42 Å². The van der Waals surface area contributed by atoms with Crippen LogP contribution in [0.15, 0.2) is 83.7 Å². The number of nitrogen functional groups attached to an aromatic ring is 1. The molecule has 0 aliphatic heterocycles. The molecule has 5 aromatic rings. The van der Waals surface area contributed by atoms with Crippen molar-refractivity contribution in [1.29, 1.82) is 0 Å². The second-order valence-corrected chi connectivity index (χ2v) is 19.4. The number of H-pyrrole nitrogens is 1. The summed E-state index contributed by atoms with van der Waals surface area (Å²) in [5.41, 5.74) is 7.94. The van der Waals surface area contributed by atoms with Crippen LogP contribution in [-0.4, -0.2) is 35.8 Å². The van der Waals surface area contributed by atoms with Crippen LogP contribution >= 0.6 is 11.6 Å². The van der Waals surface area contributed by atoms with E-state index in [1.54, 1.807) is 42.5 Å². The fourth-order valence-electron chi connectivity index (χ4n) is 8.20. The Morgan fingerprint density at radius 2 is 1.47 bits per heavy atom. The summed E-state index contributed by atoms with van der Waals surface area (Å²) in [4.78, 5) is 46.7. The van der Waals surface area contributed by atoms with Crippen LogP contribution in [0.4, 0.5) is 11.5 Å². The SMILES string of the molecule is Cc1ccc(Cc2c(-c3ccc(Cl)cc3)c(C(=O)OC3C(C(C)(C)C)CC(C)CC3C(C)(C)C)c3[nH]c(N)c(C(=O)NS(=O)(=O)Nc4ccccc4)c(=O)n23)cc1. The average Bonchev–Trinajstić information content (AvgIpc) is 3.42. The van der Waals surface area contributed by atoms with Crippen molar-refractivity contribution >= 4 is 50.8 Å². The van der Waals surface area contributed by atoms with E-state index in [9.17, 15) is 18.0 Å². The molecule has 13 heteroatoms. The van der Waals surface area contributed by atoms with Gasteiger partial charge in [0.1, 0.15) is 28.7 Å². The third-order valence-corrected chi connectivity index (χ3v) is 12.3. The highest BCUT2D eigenvalue weighted by Crippen LogP contribution is 2.50. The molecule has 57 heavy (non-hydrogen) atoms. The van der Waals surface area contributed by atoms with E-state index < -0.39 is 45.1 Å². The lowest BCUT2D eigenvalue weighted by Crippen LogP contribution is -2.49. The van der Waals surface area contributed by atoms with Gasteiger partial charge in [-0.15, -0.1) is 0 Å². The molecular formula is C44H52ClN5O6S. The maximum Gasteiger partial charge on any atom is 0.342 e. The summed E-state index contributed by atoms with van der Waals surface area (Å²) in [6.45, 7) is 17.2. The van der Waals surface area contributed by atoms with Gasteiger partial charge in [-0.25, -0.2) is 9.52 Å². The smallest absolute Gasteiger partial charge is 0.342 e. The van der Waals surface area contributed by atoms with Crippen molar-refractivity contribution in [2.45, 2.75) is 80.8 Å². The Kier molecular flexibility index (Phi) is 11.4. The fourth-order valence-corrected chi connectivity index (χ4v) is 9.17. The average molecular weight is 814 g/mol. The van der Waals surface area contributed by atoms with Crippen molar-refractivity contribution in [3.63, 3.8) is 0 Å². The number of aromatic amines is 1. The molecule has 1 saturated carbocycles. The zero-order chi connectivity index (χ0) is 41.6. The predicted molar refractivity (Wildman–Crippen MR) is 227 cm³/mol. The Bertz CT molecular complexity index is 2440. The number of fused-ring (bicyclic) bond motifs is 1. The number of para-hydroxylation sites is 1. The molecule has 0 radical (unpaired) electrons. The highest BCUT2D eigenvalue weighted by atomic mass is 35.5. The number of rotatable bonds is 9. The lowest BCUT2D eigenvalue weighted by atomic mass is 9.59. The largest absolute Gasteiger partial charge is 0.458 e. The first kappa shape index (κ1) is 41.6. The van der Waals surface area contributed by atoms with E-state index in [-0.39, 0.29) is 46.0 Å². The summed E-state index contributed by atoms with van der Waals surface area (Å²) in [5.74, 6) is -1.87. The third kappa shape index (κ3) is 8.92. The first-order valence-corrected chi connectivity index (χ1v) is 21.0. The third-order valence-electron chi connectivity index (χ3n) is 11.1. The van der Waals surface area contributed by atoms with Crippen LogP contribution in [0.1, 0.15) is 98.8 Å². The van der Waals surface area contributed by atoms with Gasteiger partial charge >= 0.3 is 16.2 Å². The molecule has 2 unspecified atom stereocenters. The van der Waals surface area contributed by atoms with Crippen molar-refractivity contribution in [2.24, 2.45) is 28.6 Å². The Balaban J connectivity index is 1.59. The monoisotopic (exact) mass is 813 g/mol. The number of hydrogen-bond donors (Lipinski definition) is 4. The van der Waals surface area contributed by atoms with Crippen LogP contribution in [-0.2, 0) is 21.4 Å². The van der Waals surface area contributed by atoms with Gasteiger partial charge in [0.05, 0.1) is 5.69 Å². The molecule has 1 aliphatic carbocycles. The Labute approximate surface area is 339 Å². The Morgan fingerprint density at radius 1 is 0.895 bits per heavy atom. The van der Waals surface area contributed by atoms with E-state index in [1.165, 1.54) is 16.5 Å². The highest BCUT2D eigenvalue weighted by molar-refractivity contribution is 7.91. The number of nitrogens with one attached hydrogen (secondary N) is 3. The molecule has 1 fully saturated rings. The summed E-state index contributed by atoms with van der Waals surface area (Å²) in [6, 6.07) is 22.6. The molecule has 302 valence electrons. The molecule has 1 amide bonds. The lowest BCUT2D eigenvalue weighted by molar-refractivity contribution is -0.0922. The maximum absolute atomic E-state index is 15.1. The molecule has 0 saturated heterocycles. The highest BCUT2D eigenvalue weighted by Gasteiger charge is 2.48. The number of nitrogens with zero attached hydrogens (tertiary/aromatic N) is 1. The minimum atomic E-state index is -4.50. The molecule has 2 aromatic heterocycles. The maximum atomic E-state index is 15.1. The summed E-state index contributed by atoms with van der Waals surface area (Å²) in [6.07, 6.45) is 1.43. The Hall–Kier alpha value is -5.07. The number of carbonyl (C=O) groups is 2. The van der Waals surface area contributed by atoms with Crippen LogP contribution in [0.25, 0.3) is 16.8 Å². The van der Waals surface area contributed by atoms with E-state index in [2.05, 4.69) is 58.2 Å². The molecule has 3 aromatic carbocycles. The van der Waals surface area contributed by atoms with E-state index in [0.717, 1.165) is 24.0 Å². The summed E-state index contributed by atoms with van der Waals surface area (Å²) >= 11 is 6.36. The van der Waals surface area contributed by atoms with E-state index in [4.69, 9.17) is 22.1 Å². The van der Waals surface area contributed by atoms with Gasteiger partial charge in [0, 0.05) is 34.5 Å². The molecule has 2 atom stereocenters. The van der Waals surface area contributed by atoms with Gasteiger partial charge in [0.2, 0.25) is 0 Å². The van der Waals surface area contributed by atoms with Crippen LogP contribution in [0.2, 0.25) is 5.02 Å². The van der Waals surface area contributed by atoms with Crippen LogP contribution in [0, 0.1) is 35.5 Å². The molecule has 2 heterocycles. The number of benzene rings is 3. The van der Waals surface area contributed by atoms with Gasteiger partial charge < -0.3 is 15.5 Å². The van der Waals surface area contributed by atoms with E-state index in [1.807, 2.05) is 35.9 Å². The number of amides is 1. The van der Waals surface area contributed by atoms with Gasteiger partial charge in [-0.3, -0.25) is 18.7 Å². The number of aromatic nitrogens is 2. The van der Waals surface area contributed by atoms with Crippen LogP contribution in [0.3, 0.4) is 0 Å². The summed E-state index contributed by atoms with van der Waals surface area (Å²) < 4.78 is 38.4. The molecule has 0 spiro atoms. The summed E-state index contributed by atoms with van der Waals surface area (Å²) in [7, 11) is -4.50. The molecular weight excluding hydrogens is 762 g/mol. The molecule has 0 bridgehead atoms. The van der Waals surface area contributed by atoms with E-state index >= 15 is 4.79 Å². The van der Waals surface area contributed by atoms with Crippen molar-refractivity contribution in [3.05, 3.63) is 122 Å². The lowest BCUT2D eigenvalue weighted by Gasteiger charge is -2.50. The number of halogens is 1. The number of nitrogens with two attached hydrogens (primary N) is 1. The minimum absolute atomic E-state index is 0.0141. The zero-order valence-corrected chi connectivity index (χ0v) is 35.3. The topological polar surface area (TPSA) is 165 Å². The number of hydrogen-bond acceptors (Lipinski definition) is 7. The van der Waals surface area contributed by atoms with Crippen molar-refractivity contribution in [2.75, 3.05) is 10.5 Å². The first-order valence-electron chi connectivity index (χ1n) is 19.2. The van der Waals surface area contributed by atoms with Crippen molar-refractivity contribution in [3.8, 4) is 11.1 Å². The number of aryl methyl sites for hydroxylation is 1. The van der Waals surface area contributed by atoms with Crippen LogP contribution in [0.5, 0.6) is 0 Å². The van der Waals surface area contributed by atoms with Gasteiger partial charge in [-0.05, 0) is 71.9 Å². The van der Waals surface area contributed by atoms with Gasteiger partial charge in [0.25, 0.3) is 11.5 Å². The second-order valence-electron chi connectivity index (χ2n) is 17.6. The van der Waals surface area contributed by atoms with Gasteiger partial charge in [-0.1, -0.05) is 120 Å². The minimum Gasteiger partial charge on any atom is -0.458 e. The number of carbonyl (C=O) groups excluding carboxylic acids is 2. The second kappa shape index (κ2) is 15.7. The van der Waals surface area contributed by atoms with Crippen molar-refractivity contribution in [1.82, 2.24) is 14.1 Å². The predicted octanol–water partition coefficient (Wildman–Crippen LogP) is 8.80. The summed E-state index contributed by atoms with van der Waals surface area (Å²) in [5, 5.41) is 0.466. The normalized spacial score (nSPS) is 19.0. The Morgan fingerprint density at radius 3 is 2.04 bits per heavy atom. The zero-order valence-electron chi connectivity index (χ0n) is 33.7. The molecule has 11 nitrogen and oxygen atoms in total. The molecule has 5 N–H and O–H groups in total. The van der Waals surface area contributed by atoms with E-state index in [0.29, 0.717) is 27.8 Å². The first-order chi connectivity index (χ1) is 26.6.